The third kappa shape index (κ3) is 4.12. The van der Waals surface area contributed by atoms with E-state index in [-0.39, 0.29) is 16.7 Å². The molecule has 0 radical (unpaired) electrons. The van der Waals surface area contributed by atoms with E-state index in [9.17, 15) is 26.1 Å². The summed E-state index contributed by atoms with van der Waals surface area (Å²) in [6.45, 7) is 0. The van der Waals surface area contributed by atoms with Gasteiger partial charge < -0.3 is 4.90 Å². The first kappa shape index (κ1) is 22.7. The van der Waals surface area contributed by atoms with Crippen molar-refractivity contribution in [2.75, 3.05) is 11.9 Å². The fraction of sp³-hybridized carbons (Fsp3) is 0.231. The van der Waals surface area contributed by atoms with Gasteiger partial charge in [-0.25, -0.2) is 0 Å². The summed E-state index contributed by atoms with van der Waals surface area (Å²) in [5.74, 6) is 0.208. The van der Waals surface area contributed by atoms with Crippen LogP contribution >= 0.6 is 0 Å². The van der Waals surface area contributed by atoms with Crippen LogP contribution in [-0.4, -0.2) is 20.0 Å². The molecular weight excluding hydrogens is 463 g/mol. The van der Waals surface area contributed by atoms with E-state index in [1.54, 1.807) is 24.3 Å². The molecule has 8 heteroatoms. The van der Waals surface area contributed by atoms with Gasteiger partial charge in [0, 0.05) is 29.9 Å². The van der Waals surface area contributed by atoms with Gasteiger partial charge in [-0.15, -0.1) is 0 Å². The average molecular weight is 486 g/mol. The molecule has 0 saturated heterocycles. The quantitative estimate of drug-likeness (QED) is 0.441. The molecule has 0 amide bonds. The minimum Gasteiger partial charge on any atom is -0.348 e. The van der Waals surface area contributed by atoms with Crippen LogP contribution in [0.3, 0.4) is 0 Å². The van der Waals surface area contributed by atoms with Crippen molar-refractivity contribution < 1.29 is 26.1 Å². The molecule has 34 heavy (non-hydrogen) atoms. The summed E-state index contributed by atoms with van der Waals surface area (Å²) in [5, 5.41) is 0. The topological polar surface area (TPSA) is 57.6 Å². The summed E-state index contributed by atoms with van der Waals surface area (Å²) >= 11 is 0. The van der Waals surface area contributed by atoms with Crippen molar-refractivity contribution in [3.05, 3.63) is 95.2 Å². The molecule has 0 spiro atoms. The van der Waals surface area contributed by atoms with Crippen molar-refractivity contribution in [2.45, 2.75) is 29.8 Å². The Kier molecular flexibility index (Phi) is 5.33. The molecular formula is C26H22F3NO3S. The molecule has 2 atom stereocenters. The van der Waals surface area contributed by atoms with Crippen molar-refractivity contribution >= 4 is 15.8 Å². The van der Waals surface area contributed by atoms with Gasteiger partial charge in [0.2, 0.25) is 0 Å². The molecule has 1 saturated carbocycles. The second kappa shape index (κ2) is 7.99. The highest BCUT2D eigenvalue weighted by Crippen LogP contribution is 2.54. The molecule has 1 fully saturated rings. The zero-order valence-corrected chi connectivity index (χ0v) is 19.1. The second-order valence-electron chi connectivity index (χ2n) is 8.78. The number of alkyl halides is 3. The van der Waals surface area contributed by atoms with Crippen LogP contribution < -0.4 is 4.90 Å². The van der Waals surface area contributed by atoms with Crippen LogP contribution in [0.25, 0.3) is 11.1 Å². The Morgan fingerprint density at radius 2 is 1.74 bits per heavy atom. The van der Waals surface area contributed by atoms with Crippen molar-refractivity contribution in [1.29, 1.82) is 0 Å². The SMILES string of the molecule is CN1C(C2CC2c2cccc(C(F)(F)F)c2)=CCc2cc(-c3ccccc3S(=O)(=O)O)ccc21. The molecule has 4 nitrogen and oxygen atoms in total. The van der Waals surface area contributed by atoms with Crippen molar-refractivity contribution in [1.82, 2.24) is 0 Å². The van der Waals surface area contributed by atoms with Gasteiger partial charge in [0.25, 0.3) is 10.1 Å². The minimum absolute atomic E-state index is 0.0541. The van der Waals surface area contributed by atoms with E-state index in [1.807, 2.05) is 25.2 Å². The lowest BCUT2D eigenvalue weighted by Crippen LogP contribution is -2.23. The molecule has 3 aromatic carbocycles. The van der Waals surface area contributed by atoms with Gasteiger partial charge >= 0.3 is 6.18 Å². The number of allylic oxidation sites excluding steroid dienone is 2. The van der Waals surface area contributed by atoms with E-state index >= 15 is 0 Å². The largest absolute Gasteiger partial charge is 0.416 e. The zero-order chi connectivity index (χ0) is 24.3. The molecule has 5 rings (SSSR count). The van der Waals surface area contributed by atoms with Crippen LogP contribution in [0.2, 0.25) is 0 Å². The Labute approximate surface area is 196 Å². The normalized spacial score (nSPS) is 20.0. The Balaban J connectivity index is 1.40. The lowest BCUT2D eigenvalue weighted by atomic mass is 9.95. The van der Waals surface area contributed by atoms with Crippen molar-refractivity contribution in [3.63, 3.8) is 0 Å². The third-order valence-electron chi connectivity index (χ3n) is 6.65. The van der Waals surface area contributed by atoms with Gasteiger partial charge in [-0.05, 0) is 59.7 Å². The molecule has 1 heterocycles. The molecule has 2 aliphatic rings. The average Bonchev–Trinajstić information content (AvgIpc) is 3.59. The number of anilines is 1. The molecule has 0 bridgehead atoms. The predicted molar refractivity (Wildman–Crippen MR) is 124 cm³/mol. The highest BCUT2D eigenvalue weighted by Gasteiger charge is 2.44. The van der Waals surface area contributed by atoms with Crippen molar-refractivity contribution in [2.24, 2.45) is 5.92 Å². The number of rotatable bonds is 4. The number of fused-ring (bicyclic) bond motifs is 1. The molecule has 3 aromatic rings. The summed E-state index contributed by atoms with van der Waals surface area (Å²) in [5.41, 5.74) is 4.26. The van der Waals surface area contributed by atoms with Crippen molar-refractivity contribution in [3.8, 4) is 11.1 Å². The molecule has 1 N–H and O–H groups in total. The van der Waals surface area contributed by atoms with E-state index < -0.39 is 21.9 Å². The fourth-order valence-electron chi connectivity index (χ4n) is 4.90. The van der Waals surface area contributed by atoms with Crippen LogP contribution in [0.5, 0.6) is 0 Å². The molecule has 1 aliphatic heterocycles. The highest BCUT2D eigenvalue weighted by molar-refractivity contribution is 7.86. The Morgan fingerprint density at radius 3 is 2.47 bits per heavy atom. The van der Waals surface area contributed by atoms with Gasteiger partial charge in [-0.2, -0.15) is 21.6 Å². The second-order valence-corrected chi connectivity index (χ2v) is 10.2. The molecule has 176 valence electrons. The number of hydrogen-bond donors (Lipinski definition) is 1. The van der Waals surface area contributed by atoms with Crippen LogP contribution in [0.15, 0.2) is 83.4 Å². The summed E-state index contributed by atoms with van der Waals surface area (Å²) in [7, 11) is -2.42. The van der Waals surface area contributed by atoms with Crippen LogP contribution in [0, 0.1) is 5.92 Å². The summed E-state index contributed by atoms with van der Waals surface area (Å²) in [4.78, 5) is 1.92. The first-order chi connectivity index (χ1) is 16.0. The Bertz CT molecular complexity index is 1410. The number of benzene rings is 3. The predicted octanol–water partition coefficient (Wildman–Crippen LogP) is 6.30. The summed E-state index contributed by atoms with van der Waals surface area (Å²) < 4.78 is 72.5. The highest BCUT2D eigenvalue weighted by atomic mass is 32.2. The first-order valence-corrected chi connectivity index (χ1v) is 12.3. The van der Waals surface area contributed by atoms with Gasteiger partial charge in [0.05, 0.1) is 5.56 Å². The monoisotopic (exact) mass is 485 g/mol. The number of hydrogen-bond acceptors (Lipinski definition) is 3. The van der Waals surface area contributed by atoms with Gasteiger partial charge in [0.1, 0.15) is 4.90 Å². The van der Waals surface area contributed by atoms with Crippen LogP contribution in [-0.2, 0) is 22.7 Å². The lowest BCUT2D eigenvalue weighted by molar-refractivity contribution is -0.137. The third-order valence-corrected chi connectivity index (χ3v) is 7.56. The van der Waals surface area contributed by atoms with E-state index in [4.69, 9.17) is 0 Å². The van der Waals surface area contributed by atoms with E-state index in [0.717, 1.165) is 29.4 Å². The maximum absolute atomic E-state index is 13.1. The Hall–Kier alpha value is -3.10. The zero-order valence-electron chi connectivity index (χ0n) is 18.3. The Morgan fingerprint density at radius 1 is 0.971 bits per heavy atom. The maximum atomic E-state index is 13.1. The minimum atomic E-state index is -4.36. The van der Waals surface area contributed by atoms with E-state index in [2.05, 4.69) is 11.0 Å². The van der Waals surface area contributed by atoms with Crippen LogP contribution in [0.1, 0.15) is 29.0 Å². The standard InChI is InChI=1S/C26H22F3NO3S/c1-30-23-11-9-17(20-7-2-3-8-25(20)34(31,32)33)13-18(23)10-12-24(30)22-15-21(22)16-5-4-6-19(14-16)26(27,28)29/h2-9,11-14,21-22H,10,15H2,1H3,(H,31,32,33). The molecule has 0 aromatic heterocycles. The number of nitrogens with zero attached hydrogens (tertiary/aromatic N) is 1. The molecule has 1 aliphatic carbocycles. The van der Waals surface area contributed by atoms with Crippen LogP contribution in [0.4, 0.5) is 18.9 Å². The van der Waals surface area contributed by atoms with E-state index in [1.165, 1.54) is 18.2 Å². The summed E-state index contributed by atoms with van der Waals surface area (Å²) in [6.07, 6.45) is -0.833. The number of halogens is 3. The maximum Gasteiger partial charge on any atom is 0.416 e. The lowest BCUT2D eigenvalue weighted by Gasteiger charge is -2.30. The molecule has 2 unspecified atom stereocenters. The van der Waals surface area contributed by atoms with Gasteiger partial charge in [-0.3, -0.25) is 4.55 Å². The van der Waals surface area contributed by atoms with E-state index in [0.29, 0.717) is 23.1 Å². The first-order valence-electron chi connectivity index (χ1n) is 10.8. The van der Waals surface area contributed by atoms with Gasteiger partial charge in [0.15, 0.2) is 0 Å². The smallest absolute Gasteiger partial charge is 0.348 e. The fourth-order valence-corrected chi connectivity index (χ4v) is 5.61. The summed E-state index contributed by atoms with van der Waals surface area (Å²) in [6, 6.07) is 17.5. The van der Waals surface area contributed by atoms with Gasteiger partial charge in [-0.1, -0.05) is 48.5 Å².